The van der Waals surface area contributed by atoms with E-state index in [2.05, 4.69) is 23.0 Å². The molecule has 1 heterocycles. The van der Waals surface area contributed by atoms with Crippen LogP contribution >= 0.6 is 0 Å². The highest BCUT2D eigenvalue weighted by Gasteiger charge is 2.07. The fourth-order valence-corrected chi connectivity index (χ4v) is 1.95. The number of nitrogen functional groups attached to an aromatic ring is 1. The molecule has 94 valence electrons. The molecule has 2 N–H and O–H groups in total. The number of aryl methyl sites for hydroxylation is 2. The Labute approximate surface area is 107 Å². The van der Waals surface area contributed by atoms with Crippen molar-refractivity contribution in [3.63, 3.8) is 0 Å². The Morgan fingerprint density at radius 3 is 2.61 bits per heavy atom. The standard InChI is InChI=1S/C14H17N3O/c1-9-4-5-12(18-3)11(6-9)8-14-16-10(2)7-13(15)17-14/h4-7H,8H2,1-3H3,(H2,15,16,17). The van der Waals surface area contributed by atoms with Gasteiger partial charge in [-0.3, -0.25) is 0 Å². The van der Waals surface area contributed by atoms with Crippen LogP contribution < -0.4 is 10.5 Å². The molecule has 4 nitrogen and oxygen atoms in total. The molecule has 0 aliphatic carbocycles. The summed E-state index contributed by atoms with van der Waals surface area (Å²) in [6, 6.07) is 7.83. The summed E-state index contributed by atoms with van der Waals surface area (Å²) in [6.45, 7) is 3.96. The second-order valence-electron chi connectivity index (χ2n) is 4.34. The third kappa shape index (κ3) is 2.77. The summed E-state index contributed by atoms with van der Waals surface area (Å²) < 4.78 is 5.35. The monoisotopic (exact) mass is 243 g/mol. The summed E-state index contributed by atoms with van der Waals surface area (Å²) in [5.74, 6) is 2.07. The summed E-state index contributed by atoms with van der Waals surface area (Å²) >= 11 is 0. The van der Waals surface area contributed by atoms with E-state index in [4.69, 9.17) is 10.5 Å². The Balaban J connectivity index is 2.35. The van der Waals surface area contributed by atoms with Gasteiger partial charge >= 0.3 is 0 Å². The van der Waals surface area contributed by atoms with Crippen molar-refractivity contribution in [1.82, 2.24) is 9.97 Å². The number of rotatable bonds is 3. The van der Waals surface area contributed by atoms with Crippen LogP contribution in [0.15, 0.2) is 24.3 Å². The molecule has 1 aromatic carbocycles. The number of ether oxygens (including phenoxy) is 1. The lowest BCUT2D eigenvalue weighted by Gasteiger charge is -2.09. The molecule has 0 saturated carbocycles. The molecule has 0 aliphatic heterocycles. The van der Waals surface area contributed by atoms with Gasteiger partial charge in [0.05, 0.1) is 7.11 Å². The van der Waals surface area contributed by atoms with Crippen molar-refractivity contribution in [2.75, 3.05) is 12.8 Å². The van der Waals surface area contributed by atoms with Crippen LogP contribution in [0.3, 0.4) is 0 Å². The molecular formula is C14H17N3O. The van der Waals surface area contributed by atoms with Crippen molar-refractivity contribution in [3.05, 3.63) is 46.9 Å². The molecule has 0 spiro atoms. The predicted molar refractivity (Wildman–Crippen MR) is 71.7 cm³/mol. The number of methoxy groups -OCH3 is 1. The molecule has 2 aromatic rings. The third-order valence-corrected chi connectivity index (χ3v) is 2.70. The first-order valence-corrected chi connectivity index (χ1v) is 5.82. The Morgan fingerprint density at radius 2 is 1.94 bits per heavy atom. The van der Waals surface area contributed by atoms with E-state index in [1.807, 2.05) is 19.1 Å². The molecule has 4 heteroatoms. The molecule has 0 amide bonds. The van der Waals surface area contributed by atoms with Crippen LogP contribution in [-0.4, -0.2) is 17.1 Å². The minimum atomic E-state index is 0.504. The SMILES string of the molecule is COc1ccc(C)cc1Cc1nc(C)cc(N)n1. The maximum absolute atomic E-state index is 5.73. The van der Waals surface area contributed by atoms with E-state index in [0.717, 1.165) is 22.8 Å². The van der Waals surface area contributed by atoms with Gasteiger partial charge < -0.3 is 10.5 Å². The number of hydrogen-bond donors (Lipinski definition) is 1. The van der Waals surface area contributed by atoms with Crippen molar-refractivity contribution >= 4 is 5.82 Å². The van der Waals surface area contributed by atoms with Gasteiger partial charge in [0.15, 0.2) is 0 Å². The second-order valence-corrected chi connectivity index (χ2v) is 4.34. The van der Waals surface area contributed by atoms with Gasteiger partial charge in [0.2, 0.25) is 0 Å². The molecular weight excluding hydrogens is 226 g/mol. The summed E-state index contributed by atoms with van der Waals surface area (Å²) in [7, 11) is 1.67. The summed E-state index contributed by atoms with van der Waals surface area (Å²) in [6.07, 6.45) is 0.622. The van der Waals surface area contributed by atoms with Crippen molar-refractivity contribution in [2.45, 2.75) is 20.3 Å². The van der Waals surface area contributed by atoms with Gasteiger partial charge in [-0.15, -0.1) is 0 Å². The van der Waals surface area contributed by atoms with Gasteiger partial charge in [-0.2, -0.15) is 0 Å². The van der Waals surface area contributed by atoms with E-state index in [9.17, 15) is 0 Å². The van der Waals surface area contributed by atoms with Gasteiger partial charge in [-0.1, -0.05) is 17.7 Å². The zero-order chi connectivity index (χ0) is 13.1. The maximum atomic E-state index is 5.73. The molecule has 0 aliphatic rings. The van der Waals surface area contributed by atoms with Crippen molar-refractivity contribution in [1.29, 1.82) is 0 Å². The Morgan fingerprint density at radius 1 is 1.17 bits per heavy atom. The lowest BCUT2D eigenvalue weighted by atomic mass is 10.1. The van der Waals surface area contributed by atoms with Crippen LogP contribution in [0.4, 0.5) is 5.82 Å². The second kappa shape index (κ2) is 5.04. The van der Waals surface area contributed by atoms with Gasteiger partial charge in [0.1, 0.15) is 17.4 Å². The average Bonchev–Trinajstić information content (AvgIpc) is 2.27. The van der Waals surface area contributed by atoms with Crippen LogP contribution in [0.5, 0.6) is 5.75 Å². The fraction of sp³-hybridized carbons (Fsp3) is 0.286. The number of hydrogen-bond acceptors (Lipinski definition) is 4. The number of nitrogens with zero attached hydrogens (tertiary/aromatic N) is 2. The number of aromatic nitrogens is 2. The largest absolute Gasteiger partial charge is 0.496 e. The molecule has 18 heavy (non-hydrogen) atoms. The van der Waals surface area contributed by atoms with Crippen molar-refractivity contribution in [3.8, 4) is 5.75 Å². The molecule has 2 rings (SSSR count). The van der Waals surface area contributed by atoms with Crippen molar-refractivity contribution in [2.24, 2.45) is 0 Å². The van der Waals surface area contributed by atoms with Crippen LogP contribution in [-0.2, 0) is 6.42 Å². The Hall–Kier alpha value is -2.10. The first-order valence-electron chi connectivity index (χ1n) is 5.82. The van der Waals surface area contributed by atoms with Crippen LogP contribution in [0.2, 0.25) is 0 Å². The normalized spacial score (nSPS) is 10.4. The third-order valence-electron chi connectivity index (χ3n) is 2.70. The first-order chi connectivity index (χ1) is 8.58. The van der Waals surface area contributed by atoms with Gasteiger partial charge in [0.25, 0.3) is 0 Å². The summed E-state index contributed by atoms with van der Waals surface area (Å²) in [5.41, 5.74) is 8.87. The number of anilines is 1. The average molecular weight is 243 g/mol. The molecule has 1 aromatic heterocycles. The molecule has 0 radical (unpaired) electrons. The van der Waals surface area contributed by atoms with Gasteiger partial charge in [-0.05, 0) is 19.9 Å². The zero-order valence-corrected chi connectivity index (χ0v) is 10.9. The molecule has 0 saturated heterocycles. The summed E-state index contributed by atoms with van der Waals surface area (Å²) in [5, 5.41) is 0. The highest BCUT2D eigenvalue weighted by atomic mass is 16.5. The van der Waals surface area contributed by atoms with E-state index in [1.165, 1.54) is 5.56 Å². The lowest BCUT2D eigenvalue weighted by Crippen LogP contribution is -2.03. The Bertz CT molecular complexity index is 547. The quantitative estimate of drug-likeness (QED) is 0.898. The van der Waals surface area contributed by atoms with Gasteiger partial charge in [-0.25, -0.2) is 9.97 Å². The van der Waals surface area contributed by atoms with E-state index in [1.54, 1.807) is 13.2 Å². The zero-order valence-electron chi connectivity index (χ0n) is 10.9. The van der Waals surface area contributed by atoms with E-state index in [0.29, 0.717) is 12.2 Å². The van der Waals surface area contributed by atoms with Crippen LogP contribution in [0.1, 0.15) is 22.6 Å². The summed E-state index contributed by atoms with van der Waals surface area (Å²) in [4.78, 5) is 8.63. The van der Waals surface area contributed by atoms with Crippen LogP contribution in [0.25, 0.3) is 0 Å². The lowest BCUT2D eigenvalue weighted by molar-refractivity contribution is 0.410. The van der Waals surface area contributed by atoms with Crippen LogP contribution in [0, 0.1) is 13.8 Å². The molecule has 0 atom stereocenters. The van der Waals surface area contributed by atoms with Gasteiger partial charge in [0, 0.05) is 23.7 Å². The van der Waals surface area contributed by atoms with E-state index < -0.39 is 0 Å². The molecule has 0 bridgehead atoms. The first kappa shape index (κ1) is 12.4. The molecule has 0 unspecified atom stereocenters. The maximum Gasteiger partial charge on any atom is 0.135 e. The number of benzene rings is 1. The number of nitrogens with two attached hydrogens (primary N) is 1. The molecule has 0 fully saturated rings. The minimum Gasteiger partial charge on any atom is -0.496 e. The van der Waals surface area contributed by atoms with Crippen molar-refractivity contribution < 1.29 is 4.74 Å². The Kier molecular flexibility index (Phi) is 3.46. The van der Waals surface area contributed by atoms with E-state index in [-0.39, 0.29) is 0 Å². The fourth-order valence-electron chi connectivity index (χ4n) is 1.95. The van der Waals surface area contributed by atoms with E-state index >= 15 is 0 Å². The predicted octanol–water partition coefficient (Wildman–Crippen LogP) is 2.28. The minimum absolute atomic E-state index is 0.504. The smallest absolute Gasteiger partial charge is 0.135 e. The topological polar surface area (TPSA) is 61.0 Å². The highest BCUT2D eigenvalue weighted by Crippen LogP contribution is 2.22. The highest BCUT2D eigenvalue weighted by molar-refractivity contribution is 5.39.